The minimum absolute atomic E-state index is 0.104. The van der Waals surface area contributed by atoms with Gasteiger partial charge >= 0.3 is 0 Å². The normalized spacial score (nSPS) is 13.6. The van der Waals surface area contributed by atoms with Crippen LogP contribution in [0.2, 0.25) is 0 Å². The van der Waals surface area contributed by atoms with Crippen molar-refractivity contribution in [1.82, 2.24) is 10.0 Å². The molecule has 0 aliphatic carbocycles. The van der Waals surface area contributed by atoms with E-state index in [1.807, 2.05) is 0 Å². The fourth-order valence-corrected chi connectivity index (χ4v) is 2.83. The van der Waals surface area contributed by atoms with Gasteiger partial charge in [-0.1, -0.05) is 0 Å². The number of sulfonamides is 1. The van der Waals surface area contributed by atoms with Crippen molar-refractivity contribution in [2.45, 2.75) is 17.9 Å². The standard InChI is InChI=1S/C10H13BrF2N2O2S/c1-6(14-2)5-15-18(16,17)10-3-7(11)8(12)4-9(10)13/h3-4,6,14-15H,5H2,1-2H3. The molecule has 1 unspecified atom stereocenters. The third kappa shape index (κ3) is 3.71. The van der Waals surface area contributed by atoms with Crippen molar-refractivity contribution in [2.24, 2.45) is 0 Å². The molecular formula is C10H13BrF2N2O2S. The number of hydrogen-bond donors (Lipinski definition) is 2. The van der Waals surface area contributed by atoms with Gasteiger partial charge in [-0.15, -0.1) is 0 Å². The second-order valence-corrected chi connectivity index (χ2v) is 6.33. The summed E-state index contributed by atoms with van der Waals surface area (Å²) in [6, 6.07) is 1.32. The largest absolute Gasteiger partial charge is 0.316 e. The number of hydrogen-bond acceptors (Lipinski definition) is 3. The maximum absolute atomic E-state index is 13.4. The number of nitrogens with one attached hydrogen (secondary N) is 2. The van der Waals surface area contributed by atoms with Crippen molar-refractivity contribution in [2.75, 3.05) is 13.6 Å². The molecule has 0 amide bonds. The summed E-state index contributed by atoms with van der Waals surface area (Å²) in [7, 11) is -2.32. The Kier molecular flexibility index (Phi) is 5.20. The predicted molar refractivity (Wildman–Crippen MR) is 67.8 cm³/mol. The molecule has 0 saturated heterocycles. The Balaban J connectivity index is 3.02. The van der Waals surface area contributed by atoms with Crippen molar-refractivity contribution >= 4 is 26.0 Å². The third-order valence-corrected chi connectivity index (χ3v) is 4.38. The van der Waals surface area contributed by atoms with Crippen molar-refractivity contribution in [3.8, 4) is 0 Å². The average molecular weight is 343 g/mol. The quantitative estimate of drug-likeness (QED) is 0.799. The number of rotatable bonds is 5. The van der Waals surface area contributed by atoms with E-state index in [1.54, 1.807) is 14.0 Å². The molecule has 1 atom stereocenters. The van der Waals surface area contributed by atoms with E-state index in [9.17, 15) is 17.2 Å². The fraction of sp³-hybridized carbons (Fsp3) is 0.400. The van der Waals surface area contributed by atoms with Gasteiger partial charge in [0.2, 0.25) is 10.0 Å². The molecule has 0 heterocycles. The van der Waals surface area contributed by atoms with Crippen molar-refractivity contribution in [3.63, 3.8) is 0 Å². The summed E-state index contributed by atoms with van der Waals surface area (Å²) in [4.78, 5) is -0.584. The van der Waals surface area contributed by atoms with E-state index in [0.717, 1.165) is 6.07 Å². The summed E-state index contributed by atoms with van der Waals surface area (Å²) in [6.45, 7) is 1.87. The SMILES string of the molecule is CNC(C)CNS(=O)(=O)c1cc(Br)c(F)cc1F. The zero-order valence-corrected chi connectivity index (χ0v) is 12.2. The lowest BCUT2D eigenvalue weighted by molar-refractivity contribution is 0.531. The molecule has 0 saturated carbocycles. The highest BCUT2D eigenvalue weighted by molar-refractivity contribution is 9.10. The number of likely N-dealkylation sites (N-methyl/N-ethyl adjacent to an activating group) is 1. The van der Waals surface area contributed by atoms with Crippen LogP contribution in [0.4, 0.5) is 8.78 Å². The molecule has 0 aliphatic rings. The van der Waals surface area contributed by atoms with Crippen LogP contribution < -0.4 is 10.0 Å². The Morgan fingerprint density at radius 3 is 2.50 bits per heavy atom. The highest BCUT2D eigenvalue weighted by atomic mass is 79.9. The van der Waals surface area contributed by atoms with Crippen LogP contribution in [0.1, 0.15) is 6.92 Å². The monoisotopic (exact) mass is 342 g/mol. The van der Waals surface area contributed by atoms with Crippen LogP contribution in [0, 0.1) is 11.6 Å². The molecule has 0 aliphatic heterocycles. The summed E-state index contributed by atoms with van der Waals surface area (Å²) in [6.07, 6.45) is 0. The molecule has 1 rings (SSSR count). The average Bonchev–Trinajstić information content (AvgIpc) is 2.30. The fourth-order valence-electron chi connectivity index (χ4n) is 1.12. The summed E-state index contributed by atoms with van der Waals surface area (Å²) in [5, 5.41) is 2.83. The van der Waals surface area contributed by atoms with Crippen LogP contribution in [-0.2, 0) is 10.0 Å². The van der Waals surface area contributed by atoms with Crippen molar-refractivity contribution < 1.29 is 17.2 Å². The Hall–Kier alpha value is -0.570. The minimum atomic E-state index is -4.00. The zero-order valence-electron chi connectivity index (χ0n) is 9.80. The van der Waals surface area contributed by atoms with Gasteiger partial charge in [-0.05, 0) is 36.0 Å². The van der Waals surface area contributed by atoms with Gasteiger partial charge in [0.15, 0.2) is 0 Å². The molecular weight excluding hydrogens is 330 g/mol. The Morgan fingerprint density at radius 2 is 1.94 bits per heavy atom. The Morgan fingerprint density at radius 1 is 1.33 bits per heavy atom. The van der Waals surface area contributed by atoms with Gasteiger partial charge < -0.3 is 5.32 Å². The Bertz CT molecular complexity index is 537. The molecule has 0 bridgehead atoms. The topological polar surface area (TPSA) is 58.2 Å². The molecule has 2 N–H and O–H groups in total. The van der Waals surface area contributed by atoms with Gasteiger partial charge in [-0.3, -0.25) is 0 Å². The highest BCUT2D eigenvalue weighted by Gasteiger charge is 2.21. The molecule has 0 fully saturated rings. The second-order valence-electron chi connectivity index (χ2n) is 3.74. The number of benzene rings is 1. The zero-order chi connectivity index (χ0) is 13.9. The highest BCUT2D eigenvalue weighted by Crippen LogP contribution is 2.23. The van der Waals surface area contributed by atoms with Gasteiger partial charge in [0.25, 0.3) is 0 Å². The van der Waals surface area contributed by atoms with Gasteiger partial charge in [-0.2, -0.15) is 0 Å². The van der Waals surface area contributed by atoms with E-state index in [0.29, 0.717) is 6.07 Å². The molecule has 0 aromatic heterocycles. The molecule has 0 spiro atoms. The van der Waals surface area contributed by atoms with E-state index in [2.05, 4.69) is 26.0 Å². The molecule has 4 nitrogen and oxygen atoms in total. The van der Waals surface area contributed by atoms with E-state index in [4.69, 9.17) is 0 Å². The van der Waals surface area contributed by atoms with Crippen molar-refractivity contribution in [1.29, 1.82) is 0 Å². The van der Waals surface area contributed by atoms with Gasteiger partial charge in [0.05, 0.1) is 4.47 Å². The first-order chi connectivity index (χ1) is 8.27. The van der Waals surface area contributed by atoms with Crippen LogP contribution in [-0.4, -0.2) is 28.1 Å². The first kappa shape index (κ1) is 15.5. The lowest BCUT2D eigenvalue weighted by Gasteiger charge is -2.12. The van der Waals surface area contributed by atoms with Gasteiger partial charge in [0, 0.05) is 18.7 Å². The minimum Gasteiger partial charge on any atom is -0.316 e. The maximum Gasteiger partial charge on any atom is 0.243 e. The first-order valence-electron chi connectivity index (χ1n) is 5.09. The lowest BCUT2D eigenvalue weighted by atomic mass is 10.3. The van der Waals surface area contributed by atoms with Crippen LogP contribution in [0.15, 0.2) is 21.5 Å². The van der Waals surface area contributed by atoms with Crippen LogP contribution in [0.25, 0.3) is 0 Å². The van der Waals surface area contributed by atoms with Crippen LogP contribution >= 0.6 is 15.9 Å². The first-order valence-corrected chi connectivity index (χ1v) is 7.37. The van der Waals surface area contributed by atoms with E-state index in [1.165, 1.54) is 0 Å². The van der Waals surface area contributed by atoms with E-state index >= 15 is 0 Å². The lowest BCUT2D eigenvalue weighted by Crippen LogP contribution is -2.37. The summed E-state index contributed by atoms with van der Waals surface area (Å²) in [5.41, 5.74) is 0. The van der Waals surface area contributed by atoms with Crippen LogP contribution in [0.5, 0.6) is 0 Å². The molecule has 1 aromatic rings. The van der Waals surface area contributed by atoms with Gasteiger partial charge in [-0.25, -0.2) is 21.9 Å². The summed E-state index contributed by atoms with van der Waals surface area (Å²) < 4.78 is 52.2. The Labute approximate surface area is 113 Å². The predicted octanol–water partition coefficient (Wildman–Crippen LogP) is 1.61. The van der Waals surface area contributed by atoms with Gasteiger partial charge in [0.1, 0.15) is 16.5 Å². The summed E-state index contributed by atoms with van der Waals surface area (Å²) >= 11 is 2.82. The van der Waals surface area contributed by atoms with E-state index in [-0.39, 0.29) is 17.1 Å². The second kappa shape index (κ2) is 6.05. The molecule has 102 valence electrons. The van der Waals surface area contributed by atoms with E-state index < -0.39 is 26.6 Å². The molecule has 0 radical (unpaired) electrons. The van der Waals surface area contributed by atoms with Crippen molar-refractivity contribution in [3.05, 3.63) is 28.2 Å². The molecule has 18 heavy (non-hydrogen) atoms. The smallest absolute Gasteiger partial charge is 0.243 e. The number of halogens is 3. The van der Waals surface area contributed by atoms with Crippen LogP contribution in [0.3, 0.4) is 0 Å². The third-order valence-electron chi connectivity index (χ3n) is 2.34. The molecule has 1 aromatic carbocycles. The summed E-state index contributed by atoms with van der Waals surface area (Å²) in [5.74, 6) is -1.98. The molecule has 8 heteroatoms. The maximum atomic E-state index is 13.4.